The van der Waals surface area contributed by atoms with Crippen LogP contribution in [0.5, 0.6) is 0 Å². The van der Waals surface area contributed by atoms with Crippen molar-refractivity contribution < 1.29 is 14.7 Å². The van der Waals surface area contributed by atoms with Gasteiger partial charge in [0.2, 0.25) is 5.91 Å². The molecule has 0 aliphatic rings. The van der Waals surface area contributed by atoms with Crippen molar-refractivity contribution >= 4 is 29.3 Å². The highest BCUT2D eigenvalue weighted by atomic mass is 32.2. The van der Waals surface area contributed by atoms with E-state index >= 15 is 0 Å². The minimum atomic E-state index is -1.05. The fourth-order valence-corrected chi connectivity index (χ4v) is 2.56. The van der Waals surface area contributed by atoms with E-state index in [1.54, 1.807) is 37.6 Å². The van der Waals surface area contributed by atoms with Gasteiger partial charge in [0.1, 0.15) is 0 Å². The molecule has 0 saturated heterocycles. The minimum absolute atomic E-state index is 0.113. The van der Waals surface area contributed by atoms with Gasteiger partial charge in [0, 0.05) is 24.3 Å². The quantitative estimate of drug-likeness (QED) is 0.859. The van der Waals surface area contributed by atoms with Gasteiger partial charge in [0.05, 0.1) is 17.0 Å². The van der Waals surface area contributed by atoms with Crippen LogP contribution in [0.4, 0.5) is 5.69 Å². The summed E-state index contributed by atoms with van der Waals surface area (Å²) in [4.78, 5) is 29.6. The molecule has 1 N–H and O–H groups in total. The zero-order valence-electron chi connectivity index (χ0n) is 11.4. The van der Waals surface area contributed by atoms with Gasteiger partial charge in [-0.1, -0.05) is 12.1 Å². The van der Waals surface area contributed by atoms with E-state index in [2.05, 4.69) is 4.98 Å². The number of hydrogen-bond acceptors (Lipinski definition) is 4. The average molecular weight is 302 g/mol. The molecule has 2 rings (SSSR count). The topological polar surface area (TPSA) is 70.5 Å². The van der Waals surface area contributed by atoms with Crippen molar-refractivity contribution in [3.8, 4) is 0 Å². The Bertz CT molecular complexity index is 646. The second kappa shape index (κ2) is 6.90. The molecular formula is C15H14N2O3S. The Morgan fingerprint density at radius 3 is 2.52 bits per heavy atom. The van der Waals surface area contributed by atoms with Crippen molar-refractivity contribution in [2.75, 3.05) is 17.7 Å². The van der Waals surface area contributed by atoms with Gasteiger partial charge < -0.3 is 10.0 Å². The molecule has 108 valence electrons. The standard InChI is InChI=1S/C15H14N2O3S/c1-17(13-5-3-2-4-12(13)15(19)20)14(18)10-21-11-6-8-16-9-7-11/h2-9H,10H2,1H3,(H,19,20). The molecule has 0 atom stereocenters. The zero-order chi connectivity index (χ0) is 15.2. The molecule has 5 nitrogen and oxygen atoms in total. The van der Waals surface area contributed by atoms with E-state index in [-0.39, 0.29) is 17.2 Å². The van der Waals surface area contributed by atoms with E-state index in [9.17, 15) is 9.59 Å². The maximum Gasteiger partial charge on any atom is 0.337 e. The van der Waals surface area contributed by atoms with Crippen LogP contribution in [0.15, 0.2) is 53.7 Å². The number of anilines is 1. The third-order valence-corrected chi connectivity index (χ3v) is 3.88. The first-order valence-electron chi connectivity index (χ1n) is 6.21. The van der Waals surface area contributed by atoms with Gasteiger partial charge in [-0.3, -0.25) is 9.78 Å². The van der Waals surface area contributed by atoms with Crippen LogP contribution in [0.2, 0.25) is 0 Å². The molecule has 0 fully saturated rings. The van der Waals surface area contributed by atoms with E-state index in [4.69, 9.17) is 5.11 Å². The summed E-state index contributed by atoms with van der Waals surface area (Å²) in [5.74, 6) is -0.980. The van der Waals surface area contributed by atoms with E-state index in [1.807, 2.05) is 12.1 Å². The number of carbonyl (C=O) groups excluding carboxylic acids is 1. The molecule has 0 aliphatic heterocycles. The monoisotopic (exact) mass is 302 g/mol. The molecule has 0 bridgehead atoms. The summed E-state index contributed by atoms with van der Waals surface area (Å²) in [6.07, 6.45) is 3.33. The van der Waals surface area contributed by atoms with Crippen LogP contribution < -0.4 is 4.90 Å². The molecule has 0 unspecified atom stereocenters. The minimum Gasteiger partial charge on any atom is -0.478 e. The Morgan fingerprint density at radius 1 is 1.19 bits per heavy atom. The van der Waals surface area contributed by atoms with E-state index in [1.165, 1.54) is 22.7 Å². The van der Waals surface area contributed by atoms with E-state index < -0.39 is 5.97 Å². The highest BCUT2D eigenvalue weighted by Gasteiger charge is 2.17. The van der Waals surface area contributed by atoms with Crippen molar-refractivity contribution in [3.05, 3.63) is 54.4 Å². The maximum absolute atomic E-state index is 12.2. The van der Waals surface area contributed by atoms with Crippen LogP contribution >= 0.6 is 11.8 Å². The normalized spacial score (nSPS) is 10.1. The van der Waals surface area contributed by atoms with Gasteiger partial charge in [-0.2, -0.15) is 0 Å². The first-order valence-corrected chi connectivity index (χ1v) is 7.20. The molecule has 0 spiro atoms. The number of nitrogens with zero attached hydrogens (tertiary/aromatic N) is 2. The number of benzene rings is 1. The predicted octanol–water partition coefficient (Wildman–Crippen LogP) is 2.53. The molecule has 0 saturated carbocycles. The lowest BCUT2D eigenvalue weighted by atomic mass is 10.1. The highest BCUT2D eigenvalue weighted by Crippen LogP contribution is 2.22. The number of amides is 1. The molecule has 0 aliphatic carbocycles. The largest absolute Gasteiger partial charge is 0.478 e. The highest BCUT2D eigenvalue weighted by molar-refractivity contribution is 8.00. The summed E-state index contributed by atoms with van der Waals surface area (Å²) in [6, 6.07) is 10.1. The van der Waals surface area contributed by atoms with Gasteiger partial charge >= 0.3 is 5.97 Å². The third kappa shape index (κ3) is 3.82. The number of thioether (sulfide) groups is 1. The number of aromatic carboxylic acids is 1. The summed E-state index contributed by atoms with van der Waals surface area (Å²) in [7, 11) is 1.58. The van der Waals surface area contributed by atoms with Crippen LogP contribution in [0.3, 0.4) is 0 Å². The summed E-state index contributed by atoms with van der Waals surface area (Å²) in [5.41, 5.74) is 0.507. The molecule has 6 heteroatoms. The molecule has 1 amide bonds. The molecule has 0 radical (unpaired) electrons. The van der Waals surface area contributed by atoms with Gasteiger partial charge in [0.25, 0.3) is 0 Å². The second-order valence-electron chi connectivity index (χ2n) is 4.25. The second-order valence-corrected chi connectivity index (χ2v) is 5.30. The molecule has 21 heavy (non-hydrogen) atoms. The van der Waals surface area contributed by atoms with Crippen molar-refractivity contribution in [1.82, 2.24) is 4.98 Å². The van der Waals surface area contributed by atoms with Crippen LogP contribution in [0.1, 0.15) is 10.4 Å². The van der Waals surface area contributed by atoms with Gasteiger partial charge in [-0.05, 0) is 24.3 Å². The summed E-state index contributed by atoms with van der Waals surface area (Å²) in [6.45, 7) is 0. The van der Waals surface area contributed by atoms with Gasteiger partial charge in [0.15, 0.2) is 0 Å². The SMILES string of the molecule is CN(C(=O)CSc1ccncc1)c1ccccc1C(=O)O. The van der Waals surface area contributed by atoms with E-state index in [0.717, 1.165) is 4.90 Å². The summed E-state index contributed by atoms with van der Waals surface area (Å²) < 4.78 is 0. The molecule has 1 aromatic carbocycles. The predicted molar refractivity (Wildman–Crippen MR) is 81.8 cm³/mol. The number of carboxylic acids is 1. The Balaban J connectivity index is 2.08. The van der Waals surface area contributed by atoms with Gasteiger partial charge in [-0.15, -0.1) is 11.8 Å². The van der Waals surface area contributed by atoms with Crippen LogP contribution in [0, 0.1) is 0 Å². The zero-order valence-corrected chi connectivity index (χ0v) is 12.2. The van der Waals surface area contributed by atoms with Crippen LogP contribution in [-0.4, -0.2) is 34.8 Å². The Morgan fingerprint density at radius 2 is 1.86 bits per heavy atom. The lowest BCUT2D eigenvalue weighted by molar-refractivity contribution is -0.115. The number of hydrogen-bond donors (Lipinski definition) is 1. The Hall–Kier alpha value is -2.34. The lowest BCUT2D eigenvalue weighted by Crippen LogP contribution is -2.29. The number of rotatable bonds is 5. The number of para-hydroxylation sites is 1. The van der Waals surface area contributed by atoms with Crippen molar-refractivity contribution in [1.29, 1.82) is 0 Å². The average Bonchev–Trinajstić information content (AvgIpc) is 2.52. The smallest absolute Gasteiger partial charge is 0.337 e. The molecule has 1 heterocycles. The number of aromatic nitrogens is 1. The van der Waals surface area contributed by atoms with Crippen molar-refractivity contribution in [2.24, 2.45) is 0 Å². The Labute approximate surface area is 126 Å². The first kappa shape index (κ1) is 15.1. The van der Waals surface area contributed by atoms with Crippen molar-refractivity contribution in [3.63, 3.8) is 0 Å². The van der Waals surface area contributed by atoms with Crippen molar-refractivity contribution in [2.45, 2.75) is 4.90 Å². The number of carbonyl (C=O) groups is 2. The first-order chi connectivity index (χ1) is 10.1. The molecular weight excluding hydrogens is 288 g/mol. The summed E-state index contributed by atoms with van der Waals surface area (Å²) in [5, 5.41) is 9.15. The summed E-state index contributed by atoms with van der Waals surface area (Å²) >= 11 is 1.39. The molecule has 1 aromatic heterocycles. The van der Waals surface area contributed by atoms with Crippen LogP contribution in [0.25, 0.3) is 0 Å². The maximum atomic E-state index is 12.2. The third-order valence-electron chi connectivity index (χ3n) is 2.88. The number of carboxylic acid groups (broad SMARTS) is 1. The Kier molecular flexibility index (Phi) is 4.94. The van der Waals surface area contributed by atoms with Gasteiger partial charge in [-0.25, -0.2) is 4.79 Å². The fraction of sp³-hybridized carbons (Fsp3) is 0.133. The molecule has 2 aromatic rings. The fourth-order valence-electron chi connectivity index (χ4n) is 1.76. The van der Waals surface area contributed by atoms with E-state index in [0.29, 0.717) is 5.69 Å². The lowest BCUT2D eigenvalue weighted by Gasteiger charge is -2.19. The van der Waals surface area contributed by atoms with Crippen LogP contribution in [-0.2, 0) is 4.79 Å². The number of pyridine rings is 1.